The van der Waals surface area contributed by atoms with E-state index < -0.39 is 11.9 Å². The fourth-order valence-electron chi connectivity index (χ4n) is 4.28. The van der Waals surface area contributed by atoms with Crippen molar-refractivity contribution in [1.82, 2.24) is 0 Å². The molecule has 0 aromatic heterocycles. The number of rotatable bonds is 31. The second-order valence-corrected chi connectivity index (χ2v) is 11.0. The first-order chi connectivity index (χ1) is 20.7. The van der Waals surface area contributed by atoms with Crippen molar-refractivity contribution in [2.45, 2.75) is 168 Å². The quantitative estimate of drug-likeness (QED) is 0.0346. The van der Waals surface area contributed by atoms with E-state index in [9.17, 15) is 9.59 Å². The summed E-state index contributed by atoms with van der Waals surface area (Å²) in [6.07, 6.45) is 43.2. The van der Waals surface area contributed by atoms with Crippen LogP contribution in [0.4, 0.5) is 0 Å². The molecule has 0 spiro atoms. The molecule has 0 heterocycles. The second kappa shape index (κ2) is 35.0. The summed E-state index contributed by atoms with van der Waals surface area (Å²) in [5, 5.41) is 8.51. The summed E-state index contributed by atoms with van der Waals surface area (Å²) in [4.78, 5) is 32.3. The molecule has 0 atom stereocenters. The molecule has 0 unspecified atom stereocenters. The topological polar surface area (TPSA) is 71.1 Å². The molecule has 6 nitrogen and oxygen atoms in total. The molecule has 0 aliphatic carbocycles. The lowest BCUT2D eigenvalue weighted by Gasteiger charge is -2.03. The van der Waals surface area contributed by atoms with Gasteiger partial charge in [0.15, 0.2) is 0 Å². The van der Waals surface area contributed by atoms with Gasteiger partial charge in [0.25, 0.3) is 0 Å². The highest BCUT2D eigenvalue weighted by molar-refractivity contribution is 5.69. The summed E-state index contributed by atoms with van der Waals surface area (Å²) in [6.45, 7) is 4.44. The Hall–Kier alpha value is -2.18. The van der Waals surface area contributed by atoms with Crippen LogP contribution in [-0.4, -0.2) is 11.9 Å². The van der Waals surface area contributed by atoms with Crippen LogP contribution < -0.4 is 0 Å². The van der Waals surface area contributed by atoms with E-state index in [1.54, 1.807) is 0 Å². The van der Waals surface area contributed by atoms with E-state index in [1.807, 2.05) is 0 Å². The van der Waals surface area contributed by atoms with Crippen LogP contribution in [0.3, 0.4) is 0 Å². The summed E-state index contributed by atoms with van der Waals surface area (Å²) in [5.74, 6) is -1.07. The van der Waals surface area contributed by atoms with Gasteiger partial charge in [-0.05, 0) is 77.0 Å². The van der Waals surface area contributed by atoms with Crippen LogP contribution in [0.2, 0.25) is 0 Å². The van der Waals surface area contributed by atoms with Crippen LogP contribution in [0.25, 0.3) is 0 Å². The molecule has 6 heteroatoms. The molecule has 0 amide bonds. The average molecular weight is 591 g/mol. The zero-order chi connectivity index (χ0) is 30.6. The summed E-state index contributed by atoms with van der Waals surface area (Å²) in [7, 11) is 0. The van der Waals surface area contributed by atoms with E-state index in [-0.39, 0.29) is 12.8 Å². The van der Waals surface area contributed by atoms with Crippen molar-refractivity contribution < 1.29 is 29.4 Å². The Morgan fingerprint density at radius 3 is 1.02 bits per heavy atom. The molecule has 0 rings (SSSR count). The Balaban J connectivity index is 3.39. The standard InChI is InChI=1S/C36H62O6/c1-3-5-7-9-11-13-15-17-19-21-23-25-27-29-31-33-35(37)39-41-42-40-36(38)34-32-30-28-26-24-22-20-18-16-14-12-10-8-6-4-2/h9-12,17-20H,3-8,13-16,21-34H2,1-2H3/b11-9-,12-10+,19-17-,20-18+. The number of hydrogen-bond donors (Lipinski definition) is 0. The van der Waals surface area contributed by atoms with Crippen LogP contribution in [0.15, 0.2) is 48.6 Å². The van der Waals surface area contributed by atoms with Crippen molar-refractivity contribution >= 4 is 11.9 Å². The second-order valence-electron chi connectivity index (χ2n) is 11.0. The van der Waals surface area contributed by atoms with Crippen molar-refractivity contribution in [2.24, 2.45) is 0 Å². The SMILES string of the molecule is CCCC/C=C\CC/C=C\CCCCCCCC(=O)OOOOC(=O)CCCCCCC/C=C/CC/C=C/CCCC. The molecule has 0 aliphatic heterocycles. The molecular weight excluding hydrogens is 528 g/mol. The summed E-state index contributed by atoms with van der Waals surface area (Å²) in [5.41, 5.74) is 0. The monoisotopic (exact) mass is 590 g/mol. The van der Waals surface area contributed by atoms with Crippen molar-refractivity contribution in [3.8, 4) is 0 Å². The number of hydrogen-bond acceptors (Lipinski definition) is 6. The summed E-state index contributed by atoms with van der Waals surface area (Å²) < 4.78 is 0. The molecule has 0 aromatic rings. The van der Waals surface area contributed by atoms with Crippen molar-refractivity contribution in [1.29, 1.82) is 0 Å². The van der Waals surface area contributed by atoms with Gasteiger partial charge >= 0.3 is 11.9 Å². The van der Waals surface area contributed by atoms with Crippen LogP contribution in [0.5, 0.6) is 0 Å². The molecule has 242 valence electrons. The van der Waals surface area contributed by atoms with E-state index >= 15 is 0 Å². The number of unbranched alkanes of at least 4 members (excludes halogenated alkanes) is 16. The van der Waals surface area contributed by atoms with Gasteiger partial charge in [0.2, 0.25) is 0 Å². The molecule has 0 N–H and O–H groups in total. The van der Waals surface area contributed by atoms with Crippen molar-refractivity contribution in [3.05, 3.63) is 48.6 Å². The minimum Gasteiger partial charge on any atom is -0.266 e. The Kier molecular flexibility index (Phi) is 33.2. The van der Waals surface area contributed by atoms with Crippen molar-refractivity contribution in [3.63, 3.8) is 0 Å². The Morgan fingerprint density at radius 1 is 0.381 bits per heavy atom. The van der Waals surface area contributed by atoms with Crippen LogP contribution >= 0.6 is 0 Å². The molecule has 0 aliphatic rings. The van der Waals surface area contributed by atoms with Gasteiger partial charge in [-0.3, -0.25) is 9.78 Å². The Morgan fingerprint density at radius 2 is 0.667 bits per heavy atom. The maximum absolute atomic E-state index is 11.7. The van der Waals surface area contributed by atoms with Gasteiger partial charge in [-0.2, -0.15) is 0 Å². The molecule has 0 saturated heterocycles. The average Bonchev–Trinajstić information content (AvgIpc) is 2.99. The summed E-state index contributed by atoms with van der Waals surface area (Å²) >= 11 is 0. The molecule has 0 aromatic carbocycles. The first-order valence-electron chi connectivity index (χ1n) is 17.0. The number of allylic oxidation sites excluding steroid dienone is 8. The Labute approximate surface area is 257 Å². The predicted molar refractivity (Wildman–Crippen MR) is 173 cm³/mol. The maximum atomic E-state index is 11.7. The van der Waals surface area contributed by atoms with Gasteiger partial charge in [-0.25, -0.2) is 9.59 Å². The Bertz CT molecular complexity index is 650. The lowest BCUT2D eigenvalue weighted by atomic mass is 10.1. The molecular formula is C36H62O6. The molecule has 0 bridgehead atoms. The molecule has 0 radical (unpaired) electrons. The van der Waals surface area contributed by atoms with Gasteiger partial charge in [0.05, 0.1) is 0 Å². The van der Waals surface area contributed by atoms with E-state index in [0.29, 0.717) is 0 Å². The number of carbonyl (C=O) groups excluding carboxylic acids is 2. The van der Waals surface area contributed by atoms with Gasteiger partial charge < -0.3 is 0 Å². The molecule has 42 heavy (non-hydrogen) atoms. The van der Waals surface area contributed by atoms with E-state index in [1.165, 1.54) is 51.4 Å². The van der Waals surface area contributed by atoms with Gasteiger partial charge in [0, 0.05) is 22.9 Å². The van der Waals surface area contributed by atoms with Gasteiger partial charge in [-0.15, -0.1) is 0 Å². The minimum absolute atomic E-state index is 0.245. The zero-order valence-electron chi connectivity index (χ0n) is 27.0. The van der Waals surface area contributed by atoms with Crippen molar-refractivity contribution in [2.75, 3.05) is 0 Å². The predicted octanol–water partition coefficient (Wildman–Crippen LogP) is 11.5. The van der Waals surface area contributed by atoms with E-state index in [0.717, 1.165) is 89.9 Å². The lowest BCUT2D eigenvalue weighted by Crippen LogP contribution is -2.10. The maximum Gasteiger partial charge on any atom is 0.345 e. The highest BCUT2D eigenvalue weighted by Gasteiger charge is 2.08. The third kappa shape index (κ3) is 34.0. The first-order valence-corrected chi connectivity index (χ1v) is 17.0. The lowest BCUT2D eigenvalue weighted by molar-refractivity contribution is -0.600. The molecule has 0 saturated carbocycles. The molecule has 0 fully saturated rings. The van der Waals surface area contributed by atoms with Crippen LogP contribution in [0, 0.1) is 0 Å². The first kappa shape index (κ1) is 39.8. The number of carbonyl (C=O) groups is 2. The smallest absolute Gasteiger partial charge is 0.266 e. The summed E-state index contributed by atoms with van der Waals surface area (Å²) in [6, 6.07) is 0. The van der Waals surface area contributed by atoms with Crippen LogP contribution in [0.1, 0.15) is 168 Å². The largest absolute Gasteiger partial charge is 0.345 e. The van der Waals surface area contributed by atoms with Crippen LogP contribution in [-0.2, 0) is 29.4 Å². The van der Waals surface area contributed by atoms with E-state index in [4.69, 9.17) is 0 Å². The minimum atomic E-state index is -0.535. The van der Waals surface area contributed by atoms with E-state index in [2.05, 4.69) is 82.3 Å². The normalized spacial score (nSPS) is 12.0. The fraction of sp³-hybridized carbons (Fsp3) is 0.722. The van der Waals surface area contributed by atoms with Gasteiger partial charge in [-0.1, -0.05) is 127 Å². The highest BCUT2D eigenvalue weighted by Crippen LogP contribution is 2.11. The fourth-order valence-corrected chi connectivity index (χ4v) is 4.28. The highest BCUT2D eigenvalue weighted by atomic mass is 17.7. The van der Waals surface area contributed by atoms with Gasteiger partial charge in [0.1, 0.15) is 0 Å². The third-order valence-electron chi connectivity index (χ3n) is 6.90. The zero-order valence-corrected chi connectivity index (χ0v) is 27.0. The third-order valence-corrected chi connectivity index (χ3v) is 6.90.